The van der Waals surface area contributed by atoms with Gasteiger partial charge in [0.05, 0.1) is 0 Å². The molecule has 4 heteroatoms. The lowest BCUT2D eigenvalue weighted by molar-refractivity contribution is -0.141. The maximum absolute atomic E-state index is 11.3. The number of piperidine rings is 1. The quantitative estimate of drug-likeness (QED) is 0.736. The highest BCUT2D eigenvalue weighted by Gasteiger charge is 2.30. The summed E-state index contributed by atoms with van der Waals surface area (Å²) in [6.07, 6.45) is 2.55. The van der Waals surface area contributed by atoms with E-state index in [4.69, 9.17) is 5.11 Å². The molecule has 0 aromatic carbocycles. The van der Waals surface area contributed by atoms with Crippen LogP contribution in [-0.4, -0.2) is 28.9 Å². The number of hydrogen-bond donors (Lipinski definition) is 2. The predicted molar refractivity (Wildman–Crippen MR) is 56.7 cm³/mol. The SMILES string of the molecule is CCC(=O)C[C@H]1C[C@H](C)C[C@H](C(=O)O)N1. The highest BCUT2D eigenvalue weighted by Crippen LogP contribution is 2.21. The standard InChI is InChI=1S/C11H19NO3/c1-3-9(13)6-8-4-7(2)5-10(12-8)11(14)15/h7-8,10,12H,3-6H2,1-2H3,(H,14,15)/t7-,8+,10+/m0/s1. The van der Waals surface area contributed by atoms with E-state index in [1.807, 2.05) is 13.8 Å². The Balaban J connectivity index is 2.51. The van der Waals surface area contributed by atoms with E-state index in [9.17, 15) is 9.59 Å². The van der Waals surface area contributed by atoms with Crippen LogP contribution >= 0.6 is 0 Å². The predicted octanol–water partition coefficient (Wildman–Crippen LogP) is 1.20. The molecule has 0 spiro atoms. The molecular weight excluding hydrogens is 194 g/mol. The Hall–Kier alpha value is -0.900. The fourth-order valence-electron chi connectivity index (χ4n) is 2.14. The summed E-state index contributed by atoms with van der Waals surface area (Å²) in [7, 11) is 0. The van der Waals surface area contributed by atoms with Gasteiger partial charge in [-0.2, -0.15) is 0 Å². The zero-order chi connectivity index (χ0) is 11.4. The van der Waals surface area contributed by atoms with Crippen molar-refractivity contribution in [2.75, 3.05) is 0 Å². The van der Waals surface area contributed by atoms with Crippen molar-refractivity contribution in [1.82, 2.24) is 5.32 Å². The summed E-state index contributed by atoms with van der Waals surface area (Å²) in [6.45, 7) is 3.88. The topological polar surface area (TPSA) is 66.4 Å². The van der Waals surface area contributed by atoms with Gasteiger partial charge >= 0.3 is 5.97 Å². The van der Waals surface area contributed by atoms with Crippen molar-refractivity contribution in [2.24, 2.45) is 5.92 Å². The van der Waals surface area contributed by atoms with Gasteiger partial charge in [-0.15, -0.1) is 0 Å². The molecule has 0 unspecified atom stereocenters. The number of carboxylic acid groups (broad SMARTS) is 1. The monoisotopic (exact) mass is 213 g/mol. The molecule has 0 aromatic heterocycles. The molecule has 2 N–H and O–H groups in total. The first-order chi connectivity index (χ1) is 7.02. The molecule has 0 saturated carbocycles. The Morgan fingerprint density at radius 1 is 1.40 bits per heavy atom. The van der Waals surface area contributed by atoms with Crippen molar-refractivity contribution in [1.29, 1.82) is 0 Å². The van der Waals surface area contributed by atoms with Gasteiger partial charge in [-0.3, -0.25) is 9.59 Å². The molecule has 0 amide bonds. The number of rotatable bonds is 4. The summed E-state index contributed by atoms with van der Waals surface area (Å²) in [4.78, 5) is 22.1. The van der Waals surface area contributed by atoms with Gasteiger partial charge in [-0.1, -0.05) is 13.8 Å². The summed E-state index contributed by atoms with van der Waals surface area (Å²) < 4.78 is 0. The van der Waals surface area contributed by atoms with Crippen molar-refractivity contribution >= 4 is 11.8 Å². The van der Waals surface area contributed by atoms with Crippen molar-refractivity contribution in [3.63, 3.8) is 0 Å². The second-order valence-corrected chi connectivity index (χ2v) is 4.43. The maximum atomic E-state index is 11.3. The summed E-state index contributed by atoms with van der Waals surface area (Å²) in [5, 5.41) is 11.9. The number of aliphatic carboxylic acids is 1. The van der Waals surface area contributed by atoms with E-state index >= 15 is 0 Å². The van der Waals surface area contributed by atoms with Crippen molar-refractivity contribution in [3.05, 3.63) is 0 Å². The second-order valence-electron chi connectivity index (χ2n) is 4.43. The summed E-state index contributed by atoms with van der Waals surface area (Å²) >= 11 is 0. The minimum atomic E-state index is -0.810. The molecule has 15 heavy (non-hydrogen) atoms. The lowest BCUT2D eigenvalue weighted by atomic mass is 9.87. The smallest absolute Gasteiger partial charge is 0.320 e. The first-order valence-corrected chi connectivity index (χ1v) is 5.53. The van der Waals surface area contributed by atoms with Gasteiger partial charge in [0.2, 0.25) is 0 Å². The van der Waals surface area contributed by atoms with Gasteiger partial charge in [0.25, 0.3) is 0 Å². The van der Waals surface area contributed by atoms with Crippen LogP contribution in [0, 0.1) is 5.92 Å². The molecule has 1 aliphatic heterocycles. The lowest BCUT2D eigenvalue weighted by Crippen LogP contribution is -2.49. The summed E-state index contributed by atoms with van der Waals surface area (Å²) in [6, 6.07) is -0.439. The third-order valence-corrected chi connectivity index (χ3v) is 2.93. The van der Waals surface area contributed by atoms with Crippen LogP contribution in [0.25, 0.3) is 0 Å². The van der Waals surface area contributed by atoms with E-state index in [2.05, 4.69) is 5.32 Å². The summed E-state index contributed by atoms with van der Waals surface area (Å²) in [5.41, 5.74) is 0. The fourth-order valence-corrected chi connectivity index (χ4v) is 2.14. The molecule has 0 aliphatic carbocycles. The van der Waals surface area contributed by atoms with Crippen LogP contribution in [0.15, 0.2) is 0 Å². The highest BCUT2D eigenvalue weighted by atomic mass is 16.4. The Morgan fingerprint density at radius 3 is 2.60 bits per heavy atom. The van der Waals surface area contributed by atoms with Crippen LogP contribution < -0.4 is 5.32 Å². The van der Waals surface area contributed by atoms with Crippen LogP contribution in [0.2, 0.25) is 0 Å². The first kappa shape index (κ1) is 12.2. The normalized spacial score (nSPS) is 31.2. The Morgan fingerprint density at radius 2 is 2.07 bits per heavy atom. The average Bonchev–Trinajstić information content (AvgIpc) is 2.16. The van der Waals surface area contributed by atoms with E-state index in [1.54, 1.807) is 0 Å². The highest BCUT2D eigenvalue weighted by molar-refractivity contribution is 5.79. The fraction of sp³-hybridized carbons (Fsp3) is 0.818. The molecule has 4 nitrogen and oxygen atoms in total. The van der Waals surface area contributed by atoms with E-state index in [0.29, 0.717) is 25.2 Å². The largest absolute Gasteiger partial charge is 0.480 e. The molecule has 1 aliphatic rings. The van der Waals surface area contributed by atoms with Crippen LogP contribution in [0.3, 0.4) is 0 Å². The van der Waals surface area contributed by atoms with Crippen LogP contribution in [0.1, 0.15) is 39.5 Å². The molecule has 86 valence electrons. The van der Waals surface area contributed by atoms with Crippen molar-refractivity contribution in [2.45, 2.75) is 51.6 Å². The molecule has 3 atom stereocenters. The first-order valence-electron chi connectivity index (χ1n) is 5.53. The molecule has 0 radical (unpaired) electrons. The van der Waals surface area contributed by atoms with Crippen LogP contribution in [0.4, 0.5) is 0 Å². The Bertz CT molecular complexity index is 252. The van der Waals surface area contributed by atoms with E-state index in [1.165, 1.54) is 0 Å². The Kier molecular flexibility index (Phi) is 4.27. The van der Waals surface area contributed by atoms with Gasteiger partial charge in [0.1, 0.15) is 11.8 Å². The van der Waals surface area contributed by atoms with Gasteiger partial charge in [0.15, 0.2) is 0 Å². The number of ketones is 1. The van der Waals surface area contributed by atoms with Gasteiger partial charge in [0, 0.05) is 18.9 Å². The number of Topliss-reactive ketones (excluding diaryl/α,β-unsaturated/α-hetero) is 1. The number of carboxylic acids is 1. The number of carbonyl (C=O) groups is 2. The zero-order valence-corrected chi connectivity index (χ0v) is 9.32. The molecule has 0 aromatic rings. The van der Waals surface area contributed by atoms with Crippen LogP contribution in [-0.2, 0) is 9.59 Å². The molecule has 1 heterocycles. The third-order valence-electron chi connectivity index (χ3n) is 2.93. The molecule has 1 rings (SSSR count). The zero-order valence-electron chi connectivity index (χ0n) is 9.32. The average molecular weight is 213 g/mol. The number of hydrogen-bond acceptors (Lipinski definition) is 3. The van der Waals surface area contributed by atoms with E-state index in [0.717, 1.165) is 6.42 Å². The molecule has 1 saturated heterocycles. The van der Waals surface area contributed by atoms with E-state index < -0.39 is 12.0 Å². The number of nitrogens with one attached hydrogen (secondary N) is 1. The lowest BCUT2D eigenvalue weighted by Gasteiger charge is -2.32. The van der Waals surface area contributed by atoms with Crippen molar-refractivity contribution < 1.29 is 14.7 Å². The molecule has 0 bridgehead atoms. The van der Waals surface area contributed by atoms with Crippen molar-refractivity contribution in [3.8, 4) is 0 Å². The minimum absolute atomic E-state index is 0.0438. The Labute approximate surface area is 90.0 Å². The minimum Gasteiger partial charge on any atom is -0.480 e. The molecular formula is C11H19NO3. The van der Waals surface area contributed by atoms with Crippen LogP contribution in [0.5, 0.6) is 0 Å². The van der Waals surface area contributed by atoms with Gasteiger partial charge in [-0.25, -0.2) is 0 Å². The van der Waals surface area contributed by atoms with E-state index in [-0.39, 0.29) is 11.8 Å². The third kappa shape index (κ3) is 3.63. The summed E-state index contributed by atoms with van der Waals surface area (Å²) in [5.74, 6) is -0.233. The second kappa shape index (κ2) is 5.26. The molecule has 1 fully saturated rings. The van der Waals surface area contributed by atoms with Gasteiger partial charge < -0.3 is 10.4 Å². The number of carbonyl (C=O) groups excluding carboxylic acids is 1. The van der Waals surface area contributed by atoms with Gasteiger partial charge in [-0.05, 0) is 18.8 Å². The maximum Gasteiger partial charge on any atom is 0.320 e.